The maximum absolute atomic E-state index is 12.4. The van der Waals surface area contributed by atoms with Crippen LogP contribution in [0.4, 0.5) is 5.69 Å². The number of sulfonamides is 1. The Morgan fingerprint density at radius 3 is 2.35 bits per heavy atom. The van der Waals surface area contributed by atoms with E-state index in [1.54, 1.807) is 24.3 Å². The van der Waals surface area contributed by atoms with Crippen LogP contribution in [0, 0.1) is 0 Å². The fourth-order valence-electron chi connectivity index (χ4n) is 2.85. The van der Waals surface area contributed by atoms with Gasteiger partial charge in [-0.25, -0.2) is 8.42 Å². The third-order valence-corrected chi connectivity index (χ3v) is 6.08. The molecule has 1 aliphatic carbocycles. The van der Waals surface area contributed by atoms with Gasteiger partial charge in [0, 0.05) is 18.7 Å². The van der Waals surface area contributed by atoms with Crippen molar-refractivity contribution in [2.45, 2.75) is 63.2 Å². The molecule has 1 aromatic rings. The number of anilines is 1. The van der Waals surface area contributed by atoms with Gasteiger partial charge in [0.1, 0.15) is 11.4 Å². The summed E-state index contributed by atoms with van der Waals surface area (Å²) in [7, 11) is -3.32. The van der Waals surface area contributed by atoms with Gasteiger partial charge in [0.25, 0.3) is 0 Å². The molecule has 0 unspecified atom stereocenters. The molecule has 0 aromatic heterocycles. The van der Waals surface area contributed by atoms with Crippen molar-refractivity contribution >= 4 is 15.7 Å². The van der Waals surface area contributed by atoms with E-state index in [2.05, 4.69) is 4.72 Å². The highest BCUT2D eigenvalue weighted by Crippen LogP contribution is 2.27. The average Bonchev–Trinajstić information content (AvgIpc) is 2.49. The first-order chi connectivity index (χ1) is 10.8. The fourth-order valence-corrected chi connectivity index (χ4v) is 4.44. The van der Waals surface area contributed by atoms with Crippen LogP contribution in [0.2, 0.25) is 0 Å². The number of hydrogen-bond acceptors (Lipinski definition) is 4. The molecule has 23 heavy (non-hydrogen) atoms. The maximum atomic E-state index is 12.4. The van der Waals surface area contributed by atoms with E-state index in [-0.39, 0.29) is 11.9 Å². The molecule has 2 rings (SSSR count). The molecule has 5 nitrogen and oxygen atoms in total. The van der Waals surface area contributed by atoms with Crippen molar-refractivity contribution in [2.24, 2.45) is 0 Å². The van der Waals surface area contributed by atoms with Crippen molar-refractivity contribution in [3.63, 3.8) is 0 Å². The van der Waals surface area contributed by atoms with E-state index in [0.717, 1.165) is 32.1 Å². The van der Waals surface area contributed by atoms with Crippen molar-refractivity contribution in [1.29, 1.82) is 0 Å². The summed E-state index contributed by atoms with van der Waals surface area (Å²) >= 11 is 0. The van der Waals surface area contributed by atoms with Gasteiger partial charge in [-0.1, -0.05) is 19.3 Å². The van der Waals surface area contributed by atoms with Gasteiger partial charge in [0.2, 0.25) is 10.0 Å². The maximum Gasteiger partial charge on any atom is 0.235 e. The van der Waals surface area contributed by atoms with Gasteiger partial charge in [-0.05, 0) is 51.0 Å². The van der Waals surface area contributed by atoms with Crippen molar-refractivity contribution < 1.29 is 18.3 Å². The van der Waals surface area contributed by atoms with E-state index in [9.17, 15) is 8.42 Å². The first-order valence-electron chi connectivity index (χ1n) is 8.24. The van der Waals surface area contributed by atoms with Crippen molar-refractivity contribution in [1.82, 2.24) is 0 Å². The van der Waals surface area contributed by atoms with E-state index in [1.165, 1.54) is 0 Å². The molecular formula is C17H27NO4S. The number of aliphatic hydroxyl groups is 1. The van der Waals surface area contributed by atoms with Gasteiger partial charge < -0.3 is 9.84 Å². The molecule has 6 heteroatoms. The molecule has 0 spiro atoms. The molecule has 0 atom stereocenters. The Bertz CT molecular complexity index is 590. The molecule has 1 aromatic carbocycles. The van der Waals surface area contributed by atoms with Crippen molar-refractivity contribution in [3.05, 3.63) is 24.3 Å². The normalized spacial score (nSPS) is 17.0. The highest BCUT2D eigenvalue weighted by molar-refractivity contribution is 7.93. The molecule has 0 bridgehead atoms. The summed E-state index contributed by atoms with van der Waals surface area (Å²) in [5.41, 5.74) is 0.0978. The Morgan fingerprint density at radius 2 is 1.78 bits per heavy atom. The minimum atomic E-state index is -3.32. The average molecular weight is 341 g/mol. The smallest absolute Gasteiger partial charge is 0.235 e. The Hall–Kier alpha value is -1.27. The number of ether oxygens (including phenoxy) is 1. The fraction of sp³-hybridized carbons (Fsp3) is 0.647. The SMILES string of the molecule is CC(C)(CCO)Oc1ccc(NS(=O)(=O)C2CCCCC2)cc1. The predicted octanol–water partition coefficient (Wildman–Crippen LogP) is 3.30. The lowest BCUT2D eigenvalue weighted by atomic mass is 10.0. The summed E-state index contributed by atoms with van der Waals surface area (Å²) in [6.45, 7) is 3.87. The summed E-state index contributed by atoms with van der Waals surface area (Å²) < 4.78 is 33.3. The zero-order chi connectivity index (χ0) is 16.9. The first kappa shape index (κ1) is 18.1. The standard InChI is InChI=1S/C17H27NO4S/c1-17(2,12-13-19)22-15-10-8-14(9-11-15)18-23(20,21)16-6-4-3-5-7-16/h8-11,16,18-19H,3-7,12-13H2,1-2H3. The number of nitrogens with one attached hydrogen (secondary N) is 1. The number of rotatable bonds is 7. The third-order valence-electron chi connectivity index (χ3n) is 4.21. The van der Waals surface area contributed by atoms with Gasteiger partial charge >= 0.3 is 0 Å². The van der Waals surface area contributed by atoms with Crippen LogP contribution < -0.4 is 9.46 Å². The van der Waals surface area contributed by atoms with Gasteiger partial charge in [-0.15, -0.1) is 0 Å². The summed E-state index contributed by atoms with van der Waals surface area (Å²) in [5.74, 6) is 0.657. The molecule has 0 aliphatic heterocycles. The summed E-state index contributed by atoms with van der Waals surface area (Å²) in [6.07, 6.45) is 5.11. The molecule has 0 radical (unpaired) electrons. The third kappa shape index (κ3) is 5.39. The monoisotopic (exact) mass is 341 g/mol. The zero-order valence-electron chi connectivity index (χ0n) is 13.9. The molecule has 1 saturated carbocycles. The Kier molecular flexibility index (Phi) is 5.92. The van der Waals surface area contributed by atoms with Crippen LogP contribution in [0.3, 0.4) is 0 Å². The van der Waals surface area contributed by atoms with Crippen LogP contribution in [-0.2, 0) is 10.0 Å². The van der Waals surface area contributed by atoms with E-state index >= 15 is 0 Å². The molecule has 0 heterocycles. The van der Waals surface area contributed by atoms with E-state index in [0.29, 0.717) is 17.9 Å². The van der Waals surface area contributed by atoms with Gasteiger partial charge in [-0.2, -0.15) is 0 Å². The lowest BCUT2D eigenvalue weighted by molar-refractivity contribution is 0.0765. The van der Waals surface area contributed by atoms with Crippen LogP contribution >= 0.6 is 0 Å². The van der Waals surface area contributed by atoms with Gasteiger partial charge in [0.05, 0.1) is 5.25 Å². The largest absolute Gasteiger partial charge is 0.488 e. The van der Waals surface area contributed by atoms with Crippen LogP contribution in [0.25, 0.3) is 0 Å². The molecule has 1 aliphatic rings. The second-order valence-corrected chi connectivity index (χ2v) is 8.73. The highest BCUT2D eigenvalue weighted by Gasteiger charge is 2.27. The van der Waals surface area contributed by atoms with Gasteiger partial charge in [0.15, 0.2) is 0 Å². The quantitative estimate of drug-likeness (QED) is 0.798. The minimum Gasteiger partial charge on any atom is -0.488 e. The highest BCUT2D eigenvalue weighted by atomic mass is 32.2. The van der Waals surface area contributed by atoms with Crippen molar-refractivity contribution in [2.75, 3.05) is 11.3 Å². The lowest BCUT2D eigenvalue weighted by Crippen LogP contribution is -2.30. The van der Waals surface area contributed by atoms with E-state index in [4.69, 9.17) is 9.84 Å². The first-order valence-corrected chi connectivity index (χ1v) is 9.79. The summed E-state index contributed by atoms with van der Waals surface area (Å²) in [6, 6.07) is 6.92. The molecule has 0 saturated heterocycles. The van der Waals surface area contributed by atoms with E-state index in [1.807, 2.05) is 13.8 Å². The van der Waals surface area contributed by atoms with E-state index < -0.39 is 15.6 Å². The Labute approximate surface area is 139 Å². The number of hydrogen-bond donors (Lipinski definition) is 2. The molecule has 130 valence electrons. The number of aliphatic hydroxyl groups excluding tert-OH is 1. The van der Waals surface area contributed by atoms with Crippen molar-refractivity contribution in [3.8, 4) is 5.75 Å². The van der Waals surface area contributed by atoms with Crippen LogP contribution in [0.15, 0.2) is 24.3 Å². The van der Waals surface area contributed by atoms with Crippen LogP contribution in [0.5, 0.6) is 5.75 Å². The summed E-state index contributed by atoms with van der Waals surface area (Å²) in [4.78, 5) is 0. The topological polar surface area (TPSA) is 75.6 Å². The van der Waals surface area contributed by atoms with Gasteiger partial charge in [-0.3, -0.25) is 4.72 Å². The zero-order valence-corrected chi connectivity index (χ0v) is 14.7. The molecule has 1 fully saturated rings. The second kappa shape index (κ2) is 7.53. The lowest BCUT2D eigenvalue weighted by Gasteiger charge is -2.26. The summed E-state index contributed by atoms with van der Waals surface area (Å²) in [5, 5.41) is 8.74. The number of benzene rings is 1. The Balaban J connectivity index is 1.99. The molecular weight excluding hydrogens is 314 g/mol. The Morgan fingerprint density at radius 1 is 1.17 bits per heavy atom. The predicted molar refractivity (Wildman–Crippen MR) is 92.3 cm³/mol. The molecule has 0 amide bonds. The second-order valence-electron chi connectivity index (χ2n) is 6.77. The van der Waals surface area contributed by atoms with Crippen LogP contribution in [-0.4, -0.2) is 31.0 Å². The van der Waals surface area contributed by atoms with Crippen LogP contribution in [0.1, 0.15) is 52.4 Å². The molecule has 2 N–H and O–H groups in total. The minimum absolute atomic E-state index is 0.0618.